The third kappa shape index (κ3) is 5.76. The molecule has 0 amide bonds. The number of aryl methyl sites for hydroxylation is 2. The van der Waals surface area contributed by atoms with E-state index in [1.165, 1.54) is 4.88 Å². The molecule has 0 saturated heterocycles. The topological polar surface area (TPSA) is 77.0 Å². The van der Waals surface area contributed by atoms with Gasteiger partial charge in [-0.3, -0.25) is 0 Å². The minimum absolute atomic E-state index is 0.477. The van der Waals surface area contributed by atoms with Crippen molar-refractivity contribution in [1.82, 2.24) is 15.6 Å². The van der Waals surface area contributed by atoms with Gasteiger partial charge in [0.2, 0.25) is 5.75 Å². The number of aromatic nitrogens is 1. The van der Waals surface area contributed by atoms with Crippen LogP contribution in [0.25, 0.3) is 0 Å². The molecular formula is C20H30N4O3S. The summed E-state index contributed by atoms with van der Waals surface area (Å²) in [5, 5.41) is 7.64. The van der Waals surface area contributed by atoms with Gasteiger partial charge in [0.15, 0.2) is 17.5 Å². The Morgan fingerprint density at radius 3 is 2.29 bits per heavy atom. The molecule has 0 radical (unpaired) electrons. The number of guanidine groups is 1. The van der Waals surface area contributed by atoms with E-state index in [0.29, 0.717) is 36.9 Å². The zero-order chi connectivity index (χ0) is 20.5. The van der Waals surface area contributed by atoms with Gasteiger partial charge in [-0.2, -0.15) is 0 Å². The van der Waals surface area contributed by atoms with Crippen LogP contribution in [0.2, 0.25) is 0 Å². The lowest BCUT2D eigenvalue weighted by Gasteiger charge is -2.15. The molecule has 8 heteroatoms. The molecule has 2 N–H and O–H groups in total. The van der Waals surface area contributed by atoms with E-state index in [2.05, 4.69) is 27.5 Å². The Balaban J connectivity index is 2.14. The lowest BCUT2D eigenvalue weighted by Crippen LogP contribution is -2.36. The molecule has 28 heavy (non-hydrogen) atoms. The molecule has 0 saturated carbocycles. The average molecular weight is 407 g/mol. The monoisotopic (exact) mass is 406 g/mol. The van der Waals surface area contributed by atoms with Crippen LogP contribution >= 0.6 is 11.3 Å². The van der Waals surface area contributed by atoms with Gasteiger partial charge in [0.25, 0.3) is 0 Å². The van der Waals surface area contributed by atoms with Gasteiger partial charge in [-0.05, 0) is 45.4 Å². The first-order valence-corrected chi connectivity index (χ1v) is 10.2. The largest absolute Gasteiger partial charge is 0.493 e. The highest BCUT2D eigenvalue weighted by atomic mass is 32.1. The molecule has 0 unspecified atom stereocenters. The summed E-state index contributed by atoms with van der Waals surface area (Å²) in [7, 11) is 3.24. The zero-order valence-electron chi connectivity index (χ0n) is 17.5. The summed E-state index contributed by atoms with van der Waals surface area (Å²) >= 11 is 1.70. The molecule has 0 aliphatic rings. The summed E-state index contributed by atoms with van der Waals surface area (Å²) in [6.07, 6.45) is 0. The van der Waals surface area contributed by atoms with E-state index in [9.17, 15) is 0 Å². The van der Waals surface area contributed by atoms with Crippen molar-refractivity contribution in [2.45, 2.75) is 40.8 Å². The number of hydrogen-bond acceptors (Lipinski definition) is 6. The number of nitrogens with one attached hydrogen (secondary N) is 2. The van der Waals surface area contributed by atoms with Gasteiger partial charge in [-0.15, -0.1) is 11.3 Å². The lowest BCUT2D eigenvalue weighted by atomic mass is 10.2. The van der Waals surface area contributed by atoms with Crippen molar-refractivity contribution < 1.29 is 14.2 Å². The predicted molar refractivity (Wildman–Crippen MR) is 114 cm³/mol. The predicted octanol–water partition coefficient (Wildman–Crippen LogP) is 3.43. The van der Waals surface area contributed by atoms with E-state index in [-0.39, 0.29) is 0 Å². The normalized spacial score (nSPS) is 11.3. The molecule has 2 rings (SSSR count). The van der Waals surface area contributed by atoms with Crippen molar-refractivity contribution in [3.8, 4) is 17.2 Å². The number of aliphatic imine (C=N–C) groups is 1. The Labute approximate surface area is 171 Å². The first-order chi connectivity index (χ1) is 13.5. The van der Waals surface area contributed by atoms with E-state index in [1.54, 1.807) is 25.6 Å². The Morgan fingerprint density at radius 1 is 1.11 bits per heavy atom. The molecule has 0 fully saturated rings. The van der Waals surface area contributed by atoms with Crippen LogP contribution in [0, 0.1) is 13.8 Å². The Morgan fingerprint density at radius 2 is 1.79 bits per heavy atom. The number of thiazole rings is 1. The maximum atomic E-state index is 5.65. The summed E-state index contributed by atoms with van der Waals surface area (Å²) in [6.45, 7) is 10.5. The van der Waals surface area contributed by atoms with Crippen molar-refractivity contribution >= 4 is 17.3 Å². The summed E-state index contributed by atoms with van der Waals surface area (Å²) in [6, 6.07) is 3.85. The highest BCUT2D eigenvalue weighted by Crippen LogP contribution is 2.38. The maximum absolute atomic E-state index is 5.65. The SMILES string of the molecule is CCNC(=NCc1cc(OC)c(OCC)c(OC)c1)NCc1nc(C)c(C)s1. The van der Waals surface area contributed by atoms with E-state index in [4.69, 9.17) is 14.2 Å². The summed E-state index contributed by atoms with van der Waals surface area (Å²) in [4.78, 5) is 10.5. The number of hydrogen-bond donors (Lipinski definition) is 2. The Bertz CT molecular complexity index is 760. The second-order valence-electron chi connectivity index (χ2n) is 6.06. The smallest absolute Gasteiger partial charge is 0.203 e. The fourth-order valence-corrected chi connectivity index (χ4v) is 3.47. The highest BCUT2D eigenvalue weighted by molar-refractivity contribution is 7.11. The van der Waals surface area contributed by atoms with Crippen molar-refractivity contribution in [1.29, 1.82) is 0 Å². The molecule has 0 aliphatic heterocycles. The molecule has 154 valence electrons. The second-order valence-corrected chi connectivity index (χ2v) is 7.35. The maximum Gasteiger partial charge on any atom is 0.203 e. The Hall–Kier alpha value is -2.48. The van der Waals surface area contributed by atoms with Crippen LogP contribution < -0.4 is 24.8 Å². The van der Waals surface area contributed by atoms with Gasteiger partial charge in [0, 0.05) is 11.4 Å². The van der Waals surface area contributed by atoms with Gasteiger partial charge in [-0.25, -0.2) is 9.98 Å². The first-order valence-electron chi connectivity index (χ1n) is 9.35. The fraction of sp³-hybridized carbons (Fsp3) is 0.500. The molecule has 0 atom stereocenters. The Kier molecular flexibility index (Phi) is 8.38. The molecule has 1 aromatic heterocycles. The van der Waals surface area contributed by atoms with Gasteiger partial charge in [0.1, 0.15) is 5.01 Å². The van der Waals surface area contributed by atoms with Gasteiger partial charge < -0.3 is 24.8 Å². The fourth-order valence-electron chi connectivity index (χ4n) is 2.60. The molecule has 0 aliphatic carbocycles. The second kappa shape index (κ2) is 10.8. The van der Waals surface area contributed by atoms with Gasteiger partial charge >= 0.3 is 0 Å². The van der Waals surface area contributed by atoms with E-state index in [0.717, 1.165) is 28.8 Å². The lowest BCUT2D eigenvalue weighted by molar-refractivity contribution is 0.288. The standard InChI is InChI=1S/C20H30N4O3S/c1-7-21-20(23-12-18-24-13(3)14(4)28-18)22-11-15-9-16(25-5)19(27-8-2)17(10-15)26-6/h9-10H,7-8,11-12H2,1-6H3,(H2,21,22,23). The molecule has 2 aromatic rings. The van der Waals surface area contributed by atoms with Crippen molar-refractivity contribution in [2.24, 2.45) is 4.99 Å². The molecule has 1 aromatic carbocycles. The van der Waals surface area contributed by atoms with E-state index < -0.39 is 0 Å². The highest BCUT2D eigenvalue weighted by Gasteiger charge is 2.14. The summed E-state index contributed by atoms with van der Waals surface area (Å²) < 4.78 is 16.6. The molecule has 1 heterocycles. The number of benzene rings is 1. The first kappa shape index (κ1) is 21.8. The van der Waals surface area contributed by atoms with Crippen LogP contribution in [0.15, 0.2) is 17.1 Å². The molecular weight excluding hydrogens is 376 g/mol. The summed E-state index contributed by atoms with van der Waals surface area (Å²) in [5.74, 6) is 2.62. The minimum Gasteiger partial charge on any atom is -0.493 e. The molecule has 7 nitrogen and oxygen atoms in total. The van der Waals surface area contributed by atoms with Crippen LogP contribution in [-0.4, -0.2) is 38.3 Å². The third-order valence-corrected chi connectivity index (χ3v) is 5.13. The van der Waals surface area contributed by atoms with Crippen LogP contribution in [0.3, 0.4) is 0 Å². The van der Waals surface area contributed by atoms with Crippen LogP contribution in [0.5, 0.6) is 17.2 Å². The average Bonchev–Trinajstić information content (AvgIpc) is 3.02. The van der Waals surface area contributed by atoms with Crippen LogP contribution in [0.1, 0.15) is 35.0 Å². The van der Waals surface area contributed by atoms with Crippen molar-refractivity contribution in [3.05, 3.63) is 33.3 Å². The van der Waals surface area contributed by atoms with Crippen LogP contribution in [0.4, 0.5) is 0 Å². The third-order valence-electron chi connectivity index (χ3n) is 4.05. The number of ether oxygens (including phenoxy) is 3. The van der Waals surface area contributed by atoms with E-state index >= 15 is 0 Å². The van der Waals surface area contributed by atoms with Crippen molar-refractivity contribution in [2.75, 3.05) is 27.4 Å². The molecule has 0 spiro atoms. The number of methoxy groups -OCH3 is 2. The van der Waals surface area contributed by atoms with E-state index in [1.807, 2.05) is 32.9 Å². The molecule has 0 bridgehead atoms. The quantitative estimate of drug-likeness (QED) is 0.491. The van der Waals surface area contributed by atoms with Gasteiger partial charge in [0.05, 0.1) is 39.6 Å². The van der Waals surface area contributed by atoms with Crippen LogP contribution in [-0.2, 0) is 13.1 Å². The number of nitrogens with zero attached hydrogens (tertiary/aromatic N) is 2. The zero-order valence-corrected chi connectivity index (χ0v) is 18.3. The minimum atomic E-state index is 0.477. The summed E-state index contributed by atoms with van der Waals surface area (Å²) in [5.41, 5.74) is 2.05. The number of rotatable bonds is 9. The van der Waals surface area contributed by atoms with Gasteiger partial charge in [-0.1, -0.05) is 0 Å². The van der Waals surface area contributed by atoms with Crippen molar-refractivity contribution in [3.63, 3.8) is 0 Å².